The number of aromatic nitrogens is 1. The Labute approximate surface area is 144 Å². The third-order valence-electron chi connectivity index (χ3n) is 4.88. The SMILES string of the molecule is CC1OC2(CCN(C(=O)c3cc(F)cc4cccnc34)CC2)NC1=O. The molecule has 0 bridgehead atoms. The molecule has 2 saturated heterocycles. The summed E-state index contributed by atoms with van der Waals surface area (Å²) in [5.74, 6) is -0.840. The van der Waals surface area contributed by atoms with Gasteiger partial charge >= 0.3 is 0 Å². The molecule has 0 saturated carbocycles. The van der Waals surface area contributed by atoms with Crippen LogP contribution >= 0.6 is 0 Å². The van der Waals surface area contributed by atoms with Gasteiger partial charge < -0.3 is 15.0 Å². The van der Waals surface area contributed by atoms with Gasteiger partial charge in [0.25, 0.3) is 11.8 Å². The predicted molar refractivity (Wildman–Crippen MR) is 88.3 cm³/mol. The first-order valence-electron chi connectivity index (χ1n) is 8.31. The summed E-state index contributed by atoms with van der Waals surface area (Å²) in [5, 5.41) is 3.48. The Balaban J connectivity index is 1.56. The van der Waals surface area contributed by atoms with Crippen molar-refractivity contribution >= 4 is 22.7 Å². The first-order valence-corrected chi connectivity index (χ1v) is 8.31. The second kappa shape index (κ2) is 5.77. The number of carbonyl (C=O) groups excluding carboxylic acids is 2. The van der Waals surface area contributed by atoms with Gasteiger partial charge in [-0.25, -0.2) is 4.39 Å². The normalized spacial score (nSPS) is 22.4. The van der Waals surface area contributed by atoms with Crippen molar-refractivity contribution in [1.82, 2.24) is 15.2 Å². The summed E-state index contributed by atoms with van der Waals surface area (Å²) >= 11 is 0. The first-order chi connectivity index (χ1) is 12.0. The van der Waals surface area contributed by atoms with Crippen LogP contribution in [0.3, 0.4) is 0 Å². The van der Waals surface area contributed by atoms with Crippen molar-refractivity contribution in [3.63, 3.8) is 0 Å². The van der Waals surface area contributed by atoms with Gasteiger partial charge in [0, 0.05) is 37.5 Å². The number of carbonyl (C=O) groups is 2. The van der Waals surface area contributed by atoms with E-state index in [4.69, 9.17) is 4.74 Å². The summed E-state index contributed by atoms with van der Waals surface area (Å²) < 4.78 is 19.6. The number of pyridine rings is 1. The Morgan fingerprint density at radius 2 is 2.16 bits per heavy atom. The molecule has 1 unspecified atom stereocenters. The fourth-order valence-electron chi connectivity index (χ4n) is 3.55. The average molecular weight is 343 g/mol. The van der Waals surface area contributed by atoms with Crippen molar-refractivity contribution < 1.29 is 18.7 Å². The second-order valence-electron chi connectivity index (χ2n) is 6.56. The largest absolute Gasteiger partial charge is 0.343 e. The molecule has 2 aliphatic rings. The van der Waals surface area contributed by atoms with Gasteiger partial charge in [0.2, 0.25) is 0 Å². The number of rotatable bonds is 1. The molecule has 7 heteroatoms. The molecule has 2 aromatic rings. The van der Waals surface area contributed by atoms with E-state index in [1.54, 1.807) is 30.2 Å². The van der Waals surface area contributed by atoms with E-state index in [2.05, 4.69) is 10.3 Å². The highest BCUT2D eigenvalue weighted by Gasteiger charge is 2.46. The Morgan fingerprint density at radius 3 is 2.84 bits per heavy atom. The van der Waals surface area contributed by atoms with Crippen LogP contribution in [0.15, 0.2) is 30.5 Å². The van der Waals surface area contributed by atoms with Crippen molar-refractivity contribution in [3.8, 4) is 0 Å². The molecule has 4 rings (SSSR count). The van der Waals surface area contributed by atoms with Crippen molar-refractivity contribution in [2.45, 2.75) is 31.6 Å². The maximum Gasteiger partial charge on any atom is 0.256 e. The molecule has 0 radical (unpaired) electrons. The third-order valence-corrected chi connectivity index (χ3v) is 4.88. The molecule has 1 N–H and O–H groups in total. The number of fused-ring (bicyclic) bond motifs is 1. The first kappa shape index (κ1) is 16.0. The number of hydrogen-bond acceptors (Lipinski definition) is 4. The molecule has 130 valence electrons. The third kappa shape index (κ3) is 2.74. The van der Waals surface area contributed by atoms with Crippen LogP contribution in [0.2, 0.25) is 0 Å². The van der Waals surface area contributed by atoms with Crippen LogP contribution in [0.25, 0.3) is 10.9 Å². The van der Waals surface area contributed by atoms with Gasteiger partial charge in [-0.15, -0.1) is 0 Å². The van der Waals surface area contributed by atoms with Crippen LogP contribution in [-0.4, -0.2) is 46.6 Å². The van der Waals surface area contributed by atoms with Gasteiger partial charge in [0.1, 0.15) is 17.6 Å². The topological polar surface area (TPSA) is 71.5 Å². The molecule has 25 heavy (non-hydrogen) atoms. The summed E-state index contributed by atoms with van der Waals surface area (Å²) in [6.07, 6.45) is 2.13. The number of piperidine rings is 1. The molecule has 6 nitrogen and oxygen atoms in total. The zero-order valence-electron chi connectivity index (χ0n) is 13.8. The number of benzene rings is 1. The van der Waals surface area contributed by atoms with Crippen LogP contribution < -0.4 is 5.32 Å². The number of amides is 2. The second-order valence-corrected chi connectivity index (χ2v) is 6.56. The molecule has 2 aliphatic heterocycles. The zero-order valence-corrected chi connectivity index (χ0v) is 13.8. The van der Waals surface area contributed by atoms with Gasteiger partial charge in [-0.1, -0.05) is 6.07 Å². The van der Waals surface area contributed by atoms with Gasteiger partial charge in [-0.2, -0.15) is 0 Å². The Kier molecular flexibility index (Phi) is 3.68. The molecule has 1 spiro atoms. The lowest BCUT2D eigenvalue weighted by Gasteiger charge is -2.38. The van der Waals surface area contributed by atoms with E-state index in [-0.39, 0.29) is 17.4 Å². The van der Waals surface area contributed by atoms with E-state index in [0.717, 1.165) is 0 Å². The lowest BCUT2D eigenvalue weighted by atomic mass is 9.99. The summed E-state index contributed by atoms with van der Waals surface area (Å²) in [6.45, 7) is 2.57. The highest BCUT2D eigenvalue weighted by atomic mass is 19.1. The van der Waals surface area contributed by atoms with Crippen molar-refractivity contribution in [2.24, 2.45) is 0 Å². The highest BCUT2D eigenvalue weighted by Crippen LogP contribution is 2.31. The van der Waals surface area contributed by atoms with E-state index in [9.17, 15) is 14.0 Å². The van der Waals surface area contributed by atoms with E-state index in [1.165, 1.54) is 12.1 Å². The number of likely N-dealkylation sites (tertiary alicyclic amines) is 1. The van der Waals surface area contributed by atoms with Gasteiger partial charge in [-0.05, 0) is 25.1 Å². The minimum Gasteiger partial charge on any atom is -0.343 e. The van der Waals surface area contributed by atoms with E-state index in [1.807, 2.05) is 0 Å². The number of halogens is 1. The number of nitrogens with zero attached hydrogens (tertiary/aromatic N) is 2. The van der Waals surface area contributed by atoms with Crippen molar-refractivity contribution in [2.75, 3.05) is 13.1 Å². The number of nitrogens with one attached hydrogen (secondary N) is 1. The van der Waals surface area contributed by atoms with E-state index in [0.29, 0.717) is 36.8 Å². The quantitative estimate of drug-likeness (QED) is 0.858. The molecule has 0 aliphatic carbocycles. The summed E-state index contributed by atoms with van der Waals surface area (Å²) in [7, 11) is 0. The minimum absolute atomic E-state index is 0.125. The molecular formula is C18H18FN3O3. The molecule has 1 aromatic heterocycles. The van der Waals surface area contributed by atoms with Gasteiger partial charge in [-0.3, -0.25) is 14.6 Å². The van der Waals surface area contributed by atoms with Crippen LogP contribution in [0.4, 0.5) is 4.39 Å². The minimum atomic E-state index is -0.685. The standard InChI is InChI=1S/C18H18FN3O3/c1-11-16(23)21-18(25-11)4-7-22(8-5-18)17(24)14-10-13(19)9-12-3-2-6-20-15(12)14/h2-3,6,9-11H,4-5,7-8H2,1H3,(H,21,23). The molecule has 1 aromatic carbocycles. The molecule has 2 fully saturated rings. The van der Waals surface area contributed by atoms with Crippen LogP contribution in [0, 0.1) is 5.82 Å². The zero-order chi connectivity index (χ0) is 17.6. The molecule has 3 heterocycles. The fourth-order valence-corrected chi connectivity index (χ4v) is 3.55. The van der Waals surface area contributed by atoms with Crippen molar-refractivity contribution in [3.05, 3.63) is 41.8 Å². The molecule has 1 atom stereocenters. The fraction of sp³-hybridized carbons (Fsp3) is 0.389. The lowest BCUT2D eigenvalue weighted by Crippen LogP contribution is -2.53. The van der Waals surface area contributed by atoms with Crippen LogP contribution in [0.1, 0.15) is 30.1 Å². The van der Waals surface area contributed by atoms with Crippen LogP contribution in [0.5, 0.6) is 0 Å². The highest BCUT2D eigenvalue weighted by molar-refractivity contribution is 6.05. The monoisotopic (exact) mass is 343 g/mol. The predicted octanol–water partition coefficient (Wildman–Crippen LogP) is 1.84. The summed E-state index contributed by atoms with van der Waals surface area (Å²) in [4.78, 5) is 30.5. The molecular weight excluding hydrogens is 325 g/mol. The van der Waals surface area contributed by atoms with Crippen molar-refractivity contribution in [1.29, 1.82) is 0 Å². The van der Waals surface area contributed by atoms with Gasteiger partial charge in [0.05, 0.1) is 11.1 Å². The summed E-state index contributed by atoms with van der Waals surface area (Å²) in [5.41, 5.74) is 0.0692. The maximum absolute atomic E-state index is 13.9. The Hall–Kier alpha value is -2.54. The van der Waals surface area contributed by atoms with Gasteiger partial charge in [0.15, 0.2) is 0 Å². The number of ether oxygens (including phenoxy) is 1. The number of hydrogen-bond donors (Lipinski definition) is 1. The molecule has 2 amide bonds. The lowest BCUT2D eigenvalue weighted by molar-refractivity contribution is -0.123. The van der Waals surface area contributed by atoms with Crippen LogP contribution in [-0.2, 0) is 9.53 Å². The average Bonchev–Trinajstić information content (AvgIpc) is 2.87. The maximum atomic E-state index is 13.9. The Bertz CT molecular complexity index is 862. The smallest absolute Gasteiger partial charge is 0.256 e. The Morgan fingerprint density at radius 1 is 1.40 bits per heavy atom. The van der Waals surface area contributed by atoms with E-state index >= 15 is 0 Å². The van der Waals surface area contributed by atoms with E-state index < -0.39 is 17.6 Å². The summed E-state index contributed by atoms with van der Waals surface area (Å²) in [6, 6.07) is 6.05.